The van der Waals surface area contributed by atoms with Crippen LogP contribution in [0.15, 0.2) is 12.4 Å². The normalized spacial score (nSPS) is 14.3. The summed E-state index contributed by atoms with van der Waals surface area (Å²) in [6, 6.07) is 0.344. The van der Waals surface area contributed by atoms with Gasteiger partial charge in [-0.3, -0.25) is 14.3 Å². The molecule has 0 aliphatic heterocycles. The summed E-state index contributed by atoms with van der Waals surface area (Å²) in [4.78, 5) is 22.8. The monoisotopic (exact) mass is 251 g/mol. The molecule has 1 heterocycles. The highest BCUT2D eigenvalue weighted by Gasteiger charge is 2.23. The molecule has 7 heteroatoms. The number of nitrogens with two attached hydrogens (primary N) is 1. The van der Waals surface area contributed by atoms with Crippen LogP contribution in [0, 0.1) is 0 Å². The number of carbonyl (C=O) groups excluding carboxylic acids is 2. The minimum absolute atomic E-state index is 0.0552. The van der Waals surface area contributed by atoms with Crippen LogP contribution in [0.1, 0.15) is 19.3 Å². The van der Waals surface area contributed by atoms with Gasteiger partial charge in [0.05, 0.1) is 11.9 Å². The third-order valence-corrected chi connectivity index (χ3v) is 2.54. The fraction of sp³-hybridized carbons (Fsp3) is 0.545. The molecule has 0 unspecified atom stereocenters. The number of amides is 2. The van der Waals surface area contributed by atoms with Gasteiger partial charge < -0.3 is 16.4 Å². The fourth-order valence-corrected chi connectivity index (χ4v) is 1.52. The molecular formula is C11H17N5O2. The quantitative estimate of drug-likeness (QED) is 0.631. The Morgan fingerprint density at radius 1 is 1.44 bits per heavy atom. The minimum Gasteiger partial charge on any atom is -0.352 e. The van der Waals surface area contributed by atoms with Gasteiger partial charge >= 0.3 is 0 Å². The molecule has 0 atom stereocenters. The molecule has 2 rings (SSSR count). The maximum Gasteiger partial charge on any atom is 0.241 e. The third kappa shape index (κ3) is 3.85. The Balaban J connectivity index is 1.81. The molecule has 18 heavy (non-hydrogen) atoms. The molecule has 7 nitrogen and oxygen atoms in total. The van der Waals surface area contributed by atoms with E-state index in [1.807, 2.05) is 0 Å². The van der Waals surface area contributed by atoms with E-state index in [0.717, 1.165) is 12.8 Å². The van der Waals surface area contributed by atoms with Crippen LogP contribution in [0.5, 0.6) is 0 Å². The summed E-state index contributed by atoms with van der Waals surface area (Å²) >= 11 is 0. The molecule has 1 aromatic rings. The van der Waals surface area contributed by atoms with Gasteiger partial charge in [0.2, 0.25) is 11.8 Å². The molecule has 1 aliphatic carbocycles. The summed E-state index contributed by atoms with van der Waals surface area (Å²) in [5, 5.41) is 9.53. The highest BCUT2D eigenvalue weighted by Crippen LogP contribution is 2.18. The van der Waals surface area contributed by atoms with Crippen molar-refractivity contribution in [2.24, 2.45) is 5.73 Å². The van der Waals surface area contributed by atoms with E-state index < -0.39 is 0 Å². The van der Waals surface area contributed by atoms with Crippen molar-refractivity contribution in [2.75, 3.05) is 11.9 Å². The highest BCUT2D eigenvalue weighted by atomic mass is 16.2. The van der Waals surface area contributed by atoms with Crippen LogP contribution in [0.3, 0.4) is 0 Å². The Morgan fingerprint density at radius 3 is 2.89 bits per heavy atom. The molecule has 2 amide bonds. The molecule has 0 saturated heterocycles. The largest absolute Gasteiger partial charge is 0.352 e. The first-order chi connectivity index (χ1) is 8.67. The Morgan fingerprint density at radius 2 is 2.22 bits per heavy atom. The predicted molar refractivity (Wildman–Crippen MR) is 65.7 cm³/mol. The lowest BCUT2D eigenvalue weighted by Gasteiger charge is -2.03. The van der Waals surface area contributed by atoms with E-state index in [-0.39, 0.29) is 24.8 Å². The van der Waals surface area contributed by atoms with Crippen molar-refractivity contribution in [1.29, 1.82) is 0 Å². The molecule has 1 saturated carbocycles. The molecule has 0 radical (unpaired) electrons. The zero-order valence-corrected chi connectivity index (χ0v) is 10.1. The molecule has 1 fully saturated rings. The second-order valence-corrected chi connectivity index (χ2v) is 4.36. The van der Waals surface area contributed by atoms with Crippen molar-refractivity contribution in [3.05, 3.63) is 12.4 Å². The number of nitrogens with one attached hydrogen (secondary N) is 2. The lowest BCUT2D eigenvalue weighted by atomic mass is 10.4. The maximum atomic E-state index is 11.5. The van der Waals surface area contributed by atoms with Gasteiger partial charge in [-0.05, 0) is 12.8 Å². The molecule has 0 aromatic carbocycles. The van der Waals surface area contributed by atoms with Crippen molar-refractivity contribution < 1.29 is 9.59 Å². The summed E-state index contributed by atoms with van der Waals surface area (Å²) < 4.78 is 1.50. The van der Waals surface area contributed by atoms with Gasteiger partial charge in [0.1, 0.15) is 6.54 Å². The van der Waals surface area contributed by atoms with Gasteiger partial charge in [0, 0.05) is 25.2 Å². The van der Waals surface area contributed by atoms with Crippen LogP contribution in [-0.4, -0.2) is 34.2 Å². The lowest BCUT2D eigenvalue weighted by Crippen LogP contribution is -2.29. The van der Waals surface area contributed by atoms with Gasteiger partial charge in [-0.1, -0.05) is 0 Å². The van der Waals surface area contributed by atoms with Gasteiger partial charge in [0.25, 0.3) is 0 Å². The minimum atomic E-state index is -0.153. The van der Waals surface area contributed by atoms with Gasteiger partial charge in [0.15, 0.2) is 0 Å². The zero-order chi connectivity index (χ0) is 13.0. The Kier molecular flexibility index (Phi) is 3.93. The molecule has 0 spiro atoms. The Labute approximate surface area is 105 Å². The summed E-state index contributed by atoms with van der Waals surface area (Å²) in [6.07, 6.45) is 5.53. The maximum absolute atomic E-state index is 11.5. The smallest absolute Gasteiger partial charge is 0.241 e. The second-order valence-electron chi connectivity index (χ2n) is 4.36. The summed E-state index contributed by atoms with van der Waals surface area (Å²) in [7, 11) is 0. The number of nitrogens with zero attached hydrogens (tertiary/aromatic N) is 2. The fourth-order valence-electron chi connectivity index (χ4n) is 1.52. The Hall–Kier alpha value is -1.89. The summed E-state index contributed by atoms with van der Waals surface area (Å²) in [5.74, 6) is -0.208. The van der Waals surface area contributed by atoms with E-state index in [4.69, 9.17) is 5.73 Å². The van der Waals surface area contributed by atoms with Crippen molar-refractivity contribution in [3.8, 4) is 0 Å². The predicted octanol–water partition coefficient (Wildman–Crippen LogP) is -0.551. The summed E-state index contributed by atoms with van der Waals surface area (Å²) in [6.45, 7) is 0.479. The molecule has 98 valence electrons. The number of rotatable bonds is 6. The van der Waals surface area contributed by atoms with Crippen LogP contribution < -0.4 is 16.4 Å². The van der Waals surface area contributed by atoms with Gasteiger partial charge in [-0.15, -0.1) is 0 Å². The van der Waals surface area contributed by atoms with Crippen molar-refractivity contribution >= 4 is 17.5 Å². The van der Waals surface area contributed by atoms with E-state index in [0.29, 0.717) is 18.3 Å². The van der Waals surface area contributed by atoms with Crippen LogP contribution in [0.4, 0.5) is 5.69 Å². The first-order valence-electron chi connectivity index (χ1n) is 5.99. The van der Waals surface area contributed by atoms with E-state index in [2.05, 4.69) is 15.7 Å². The number of hydrogen-bond acceptors (Lipinski definition) is 4. The van der Waals surface area contributed by atoms with E-state index in [9.17, 15) is 9.59 Å². The topological polar surface area (TPSA) is 102 Å². The van der Waals surface area contributed by atoms with E-state index >= 15 is 0 Å². The molecule has 1 aromatic heterocycles. The second kappa shape index (κ2) is 5.63. The average molecular weight is 251 g/mol. The number of anilines is 1. The van der Waals surface area contributed by atoms with Crippen molar-refractivity contribution in [3.63, 3.8) is 0 Å². The first-order valence-corrected chi connectivity index (χ1v) is 5.99. The molecular weight excluding hydrogens is 234 g/mol. The van der Waals surface area contributed by atoms with Gasteiger partial charge in [-0.2, -0.15) is 5.10 Å². The molecule has 0 bridgehead atoms. The van der Waals surface area contributed by atoms with E-state index in [1.54, 1.807) is 6.20 Å². The van der Waals surface area contributed by atoms with Crippen LogP contribution >= 0.6 is 0 Å². The SMILES string of the molecule is NCCC(=O)Nc1cnn(CC(=O)NC2CC2)c1. The van der Waals surface area contributed by atoms with Crippen LogP contribution in [-0.2, 0) is 16.1 Å². The third-order valence-electron chi connectivity index (χ3n) is 2.54. The lowest BCUT2D eigenvalue weighted by molar-refractivity contribution is -0.122. The van der Waals surface area contributed by atoms with Crippen molar-refractivity contribution in [1.82, 2.24) is 15.1 Å². The highest BCUT2D eigenvalue weighted by molar-refractivity contribution is 5.90. The van der Waals surface area contributed by atoms with Crippen LogP contribution in [0.2, 0.25) is 0 Å². The Bertz CT molecular complexity index is 438. The first kappa shape index (κ1) is 12.6. The average Bonchev–Trinajstić information content (AvgIpc) is 3.00. The van der Waals surface area contributed by atoms with Crippen LogP contribution in [0.25, 0.3) is 0 Å². The summed E-state index contributed by atoms with van der Waals surface area (Å²) in [5.41, 5.74) is 5.85. The molecule has 1 aliphatic rings. The number of hydrogen-bond donors (Lipinski definition) is 3. The molecule has 4 N–H and O–H groups in total. The standard InChI is InChI=1S/C11H17N5O2/c12-4-3-10(17)15-9-5-13-16(6-9)7-11(18)14-8-1-2-8/h5-6,8H,1-4,7,12H2,(H,14,18)(H,15,17). The van der Waals surface area contributed by atoms with Gasteiger partial charge in [-0.25, -0.2) is 0 Å². The van der Waals surface area contributed by atoms with Crippen molar-refractivity contribution in [2.45, 2.75) is 31.8 Å². The van der Waals surface area contributed by atoms with E-state index in [1.165, 1.54) is 10.9 Å². The number of carbonyl (C=O) groups is 2. The number of aromatic nitrogens is 2. The zero-order valence-electron chi connectivity index (χ0n) is 10.1.